The van der Waals surface area contributed by atoms with Gasteiger partial charge in [0, 0.05) is 11.6 Å². The van der Waals surface area contributed by atoms with Crippen LogP contribution >= 0.6 is 23.4 Å². The van der Waals surface area contributed by atoms with Crippen LogP contribution < -0.4 is 10.6 Å². The molecular weight excluding hydrogens is 534 g/mol. The molecule has 2 aromatic carbocycles. The first-order valence-corrected chi connectivity index (χ1v) is 14.7. The van der Waals surface area contributed by atoms with E-state index in [1.165, 1.54) is 0 Å². The zero-order chi connectivity index (χ0) is 28.7. The summed E-state index contributed by atoms with van der Waals surface area (Å²) in [6, 6.07) is 10.4. The van der Waals surface area contributed by atoms with Gasteiger partial charge in [0.25, 0.3) is 5.91 Å². The molecule has 0 aliphatic heterocycles. The van der Waals surface area contributed by atoms with Gasteiger partial charge in [0.15, 0.2) is 0 Å². The summed E-state index contributed by atoms with van der Waals surface area (Å²) >= 11 is 7.99. The summed E-state index contributed by atoms with van der Waals surface area (Å²) in [6.07, 6.45) is 8.70. The Bertz CT molecular complexity index is 1210. The molecule has 0 radical (unpaired) electrons. The molecule has 39 heavy (non-hydrogen) atoms. The minimum atomic E-state index is -0.968. The monoisotopic (exact) mass is 569 g/mol. The van der Waals surface area contributed by atoms with Gasteiger partial charge in [-0.25, -0.2) is 4.79 Å². The number of amides is 3. The molecule has 0 saturated heterocycles. The number of ether oxygens (including phenoxy) is 1. The van der Waals surface area contributed by atoms with Crippen LogP contribution in [0.15, 0.2) is 42.5 Å². The van der Waals surface area contributed by atoms with Crippen LogP contribution in [0.3, 0.4) is 0 Å². The van der Waals surface area contributed by atoms with Gasteiger partial charge in [0.05, 0.1) is 10.7 Å². The first-order chi connectivity index (χ1) is 18.4. The number of terminal acetylenes is 1. The van der Waals surface area contributed by atoms with Gasteiger partial charge in [0.1, 0.15) is 17.7 Å². The molecule has 2 unspecified atom stereocenters. The molecule has 7 nitrogen and oxygen atoms in total. The van der Waals surface area contributed by atoms with Crippen molar-refractivity contribution in [2.75, 3.05) is 17.3 Å². The summed E-state index contributed by atoms with van der Waals surface area (Å²) < 4.78 is 5.44. The van der Waals surface area contributed by atoms with Crippen molar-refractivity contribution in [2.45, 2.75) is 70.7 Å². The molecule has 1 aliphatic carbocycles. The number of carbonyl (C=O) groups is 3. The Balaban J connectivity index is 2.01. The number of para-hydroxylation sites is 1. The fourth-order valence-electron chi connectivity index (χ4n) is 4.18. The van der Waals surface area contributed by atoms with Crippen LogP contribution in [-0.4, -0.2) is 52.5 Å². The standard InChI is InChI=1S/C30H36ClN3O4S/c1-7-20-11-13-21(14-12-20)26(27(35)33-25-19(2)9-8-10-23(25)31)34(22-15-16-22)28(36)24(17-18-39-6)32-29(37)38-30(3,4)5/h1,8-14,22,24,26H,15-18H2,2-6H3,(H,32,37)(H,33,35). The molecule has 3 amide bonds. The minimum Gasteiger partial charge on any atom is -0.444 e. The zero-order valence-electron chi connectivity index (χ0n) is 23.0. The van der Waals surface area contributed by atoms with E-state index in [1.807, 2.05) is 25.3 Å². The quantitative estimate of drug-likeness (QED) is 0.345. The summed E-state index contributed by atoms with van der Waals surface area (Å²) in [4.78, 5) is 42.4. The molecule has 2 aromatic rings. The second-order valence-electron chi connectivity index (χ2n) is 10.5. The maximum absolute atomic E-state index is 14.2. The number of rotatable bonds is 10. The number of carbonyl (C=O) groups excluding carboxylic acids is 3. The van der Waals surface area contributed by atoms with Crippen molar-refractivity contribution in [2.24, 2.45) is 0 Å². The lowest BCUT2D eigenvalue weighted by atomic mass is 10.00. The van der Waals surface area contributed by atoms with Gasteiger partial charge in [0.2, 0.25) is 5.91 Å². The van der Waals surface area contributed by atoms with Gasteiger partial charge in [-0.3, -0.25) is 9.59 Å². The average molecular weight is 570 g/mol. The van der Waals surface area contributed by atoms with Crippen LogP contribution in [0.1, 0.15) is 62.8 Å². The largest absolute Gasteiger partial charge is 0.444 e. The van der Waals surface area contributed by atoms with Crippen LogP contribution in [-0.2, 0) is 14.3 Å². The van der Waals surface area contributed by atoms with Crippen LogP contribution in [0.2, 0.25) is 5.02 Å². The number of hydrogen-bond donors (Lipinski definition) is 2. The van der Waals surface area contributed by atoms with Gasteiger partial charge in [-0.2, -0.15) is 11.8 Å². The Morgan fingerprint density at radius 1 is 1.18 bits per heavy atom. The molecule has 0 aromatic heterocycles. The Morgan fingerprint density at radius 2 is 1.85 bits per heavy atom. The summed E-state index contributed by atoms with van der Waals surface area (Å²) in [5.74, 6) is 2.48. The van der Waals surface area contributed by atoms with Crippen molar-refractivity contribution in [1.29, 1.82) is 0 Å². The van der Waals surface area contributed by atoms with Crippen molar-refractivity contribution in [1.82, 2.24) is 10.2 Å². The third kappa shape index (κ3) is 8.42. The van der Waals surface area contributed by atoms with Gasteiger partial charge in [-0.05, 0) is 88.3 Å². The highest BCUT2D eigenvalue weighted by atomic mass is 35.5. The maximum atomic E-state index is 14.2. The molecule has 1 fully saturated rings. The molecule has 0 spiro atoms. The number of nitrogens with zero attached hydrogens (tertiary/aromatic N) is 1. The van der Waals surface area contributed by atoms with Crippen molar-refractivity contribution in [3.05, 3.63) is 64.2 Å². The summed E-state index contributed by atoms with van der Waals surface area (Å²) in [5, 5.41) is 6.12. The predicted molar refractivity (Wildman–Crippen MR) is 158 cm³/mol. The molecule has 0 bridgehead atoms. The van der Waals surface area contributed by atoms with Crippen molar-refractivity contribution in [3.8, 4) is 12.3 Å². The first kappa shape index (κ1) is 30.4. The molecule has 208 valence electrons. The summed E-state index contributed by atoms with van der Waals surface area (Å²) in [5.41, 5.74) is 1.84. The summed E-state index contributed by atoms with van der Waals surface area (Å²) in [7, 11) is 0. The SMILES string of the molecule is C#Cc1ccc(C(C(=O)Nc2c(C)cccc2Cl)N(C(=O)C(CCSC)NC(=O)OC(C)(C)C)C2CC2)cc1. The molecule has 1 saturated carbocycles. The molecular formula is C30H36ClN3O4S. The zero-order valence-corrected chi connectivity index (χ0v) is 24.6. The smallest absolute Gasteiger partial charge is 0.408 e. The second kappa shape index (κ2) is 13.3. The van der Waals surface area contributed by atoms with E-state index in [1.54, 1.807) is 67.8 Å². The van der Waals surface area contributed by atoms with Crippen LogP contribution in [0.5, 0.6) is 0 Å². The number of aryl methyl sites for hydroxylation is 1. The van der Waals surface area contributed by atoms with E-state index in [-0.39, 0.29) is 11.9 Å². The van der Waals surface area contributed by atoms with Crippen molar-refractivity contribution >= 4 is 47.0 Å². The molecule has 2 atom stereocenters. The number of benzene rings is 2. The number of alkyl carbamates (subject to hydrolysis) is 1. The molecule has 1 aliphatic rings. The highest BCUT2D eigenvalue weighted by molar-refractivity contribution is 7.98. The van der Waals surface area contributed by atoms with Gasteiger partial charge in [-0.15, -0.1) is 6.42 Å². The van der Waals surface area contributed by atoms with E-state index in [2.05, 4.69) is 16.6 Å². The molecule has 9 heteroatoms. The number of hydrogen-bond acceptors (Lipinski definition) is 5. The lowest BCUT2D eigenvalue weighted by molar-refractivity contribution is -0.141. The Morgan fingerprint density at radius 3 is 2.38 bits per heavy atom. The van der Waals surface area contributed by atoms with Gasteiger partial charge >= 0.3 is 6.09 Å². The Kier molecular flexibility index (Phi) is 10.3. The first-order valence-electron chi connectivity index (χ1n) is 12.9. The normalized spacial score (nSPS) is 14.5. The van der Waals surface area contributed by atoms with E-state index < -0.39 is 29.7 Å². The van der Waals surface area contributed by atoms with Crippen LogP contribution in [0.25, 0.3) is 0 Å². The third-order valence-corrected chi connectivity index (χ3v) is 7.14. The van der Waals surface area contributed by atoms with E-state index >= 15 is 0 Å². The van der Waals surface area contributed by atoms with Crippen molar-refractivity contribution in [3.63, 3.8) is 0 Å². The predicted octanol–water partition coefficient (Wildman–Crippen LogP) is 5.95. The fourth-order valence-corrected chi connectivity index (χ4v) is 4.92. The van der Waals surface area contributed by atoms with Gasteiger partial charge in [-0.1, -0.05) is 41.8 Å². The Hall–Kier alpha value is -3.15. The van der Waals surface area contributed by atoms with E-state index in [4.69, 9.17) is 22.8 Å². The van der Waals surface area contributed by atoms with Crippen LogP contribution in [0.4, 0.5) is 10.5 Å². The fraction of sp³-hybridized carbons (Fsp3) is 0.433. The topological polar surface area (TPSA) is 87.7 Å². The number of thioether (sulfide) groups is 1. The number of nitrogens with one attached hydrogen (secondary N) is 2. The van der Waals surface area contributed by atoms with E-state index in [0.29, 0.717) is 34.0 Å². The van der Waals surface area contributed by atoms with Crippen LogP contribution in [0, 0.1) is 19.3 Å². The lowest BCUT2D eigenvalue weighted by Gasteiger charge is -2.35. The van der Waals surface area contributed by atoms with Gasteiger partial charge < -0.3 is 20.3 Å². The minimum absolute atomic E-state index is 0.148. The van der Waals surface area contributed by atoms with E-state index in [9.17, 15) is 14.4 Å². The summed E-state index contributed by atoms with van der Waals surface area (Å²) in [6.45, 7) is 7.14. The molecule has 0 heterocycles. The third-order valence-electron chi connectivity index (χ3n) is 6.18. The highest BCUT2D eigenvalue weighted by Gasteiger charge is 2.44. The average Bonchev–Trinajstić information content (AvgIpc) is 3.71. The van der Waals surface area contributed by atoms with E-state index in [0.717, 1.165) is 18.4 Å². The second-order valence-corrected chi connectivity index (χ2v) is 11.9. The maximum Gasteiger partial charge on any atom is 0.408 e. The molecule has 2 N–H and O–H groups in total. The number of anilines is 1. The molecule has 3 rings (SSSR count). The number of halogens is 1. The highest BCUT2D eigenvalue weighted by Crippen LogP contribution is 2.37. The Labute approximate surface area is 240 Å². The lowest BCUT2D eigenvalue weighted by Crippen LogP contribution is -2.53. The van der Waals surface area contributed by atoms with Crippen molar-refractivity contribution < 1.29 is 19.1 Å².